The Kier molecular flexibility index (Phi) is 10.9. The van der Waals surface area contributed by atoms with Gasteiger partial charge in [0.25, 0.3) is 0 Å². The molecule has 4 heteroatoms. The molecule has 0 radical (unpaired) electrons. The molecule has 0 aliphatic rings. The molecule has 0 saturated heterocycles. The highest BCUT2D eigenvalue weighted by atomic mass is 28.3. The lowest BCUT2D eigenvalue weighted by Gasteiger charge is -2.38. The van der Waals surface area contributed by atoms with Crippen LogP contribution in [0.15, 0.2) is 206 Å². The Hall–Kier alpha value is -6.21. The minimum Gasteiger partial charge on any atom is -0.507 e. The fraction of sp³-hybridized carbons (Fsp3) is 0.143. The van der Waals surface area contributed by atoms with Gasteiger partial charge in [-0.05, 0) is 75.6 Å². The van der Waals surface area contributed by atoms with Crippen LogP contribution >= 0.6 is 0 Å². The minimum absolute atomic E-state index is 0.199. The second kappa shape index (κ2) is 16.1. The van der Waals surface area contributed by atoms with Crippen molar-refractivity contribution >= 4 is 57.6 Å². The summed E-state index contributed by atoms with van der Waals surface area (Å²) >= 11 is 0. The lowest BCUT2D eigenvalue weighted by atomic mass is 9.83. The normalized spacial score (nSPS) is 12.3. The van der Waals surface area contributed by atoms with Crippen LogP contribution in [0.5, 0.6) is 11.5 Å². The molecule has 0 unspecified atom stereocenters. The van der Waals surface area contributed by atoms with Crippen LogP contribution in [-0.2, 0) is 10.8 Å². The molecule has 298 valence electrons. The third-order valence-corrected chi connectivity index (χ3v) is 21.9. The van der Waals surface area contributed by atoms with E-state index < -0.39 is 16.1 Å². The summed E-state index contributed by atoms with van der Waals surface area (Å²) < 4.78 is 0. The molecule has 8 rings (SSSR count). The molecule has 0 aromatic heterocycles. The van der Waals surface area contributed by atoms with Gasteiger partial charge >= 0.3 is 0 Å². The maximum atomic E-state index is 13.4. The van der Waals surface area contributed by atoms with Gasteiger partial charge in [0.05, 0.1) is 0 Å². The van der Waals surface area contributed by atoms with Crippen LogP contribution in [0.1, 0.15) is 52.7 Å². The third-order valence-electron chi connectivity index (χ3n) is 12.3. The van der Waals surface area contributed by atoms with Crippen molar-refractivity contribution < 1.29 is 10.2 Å². The van der Waals surface area contributed by atoms with Gasteiger partial charge in [-0.25, -0.2) is 0 Å². The van der Waals surface area contributed by atoms with E-state index in [1.54, 1.807) is 0 Å². The molecule has 0 heterocycles. The van der Waals surface area contributed by atoms with Crippen LogP contribution in [0.25, 0.3) is 11.1 Å². The van der Waals surface area contributed by atoms with Crippen LogP contribution in [0.3, 0.4) is 0 Å². The van der Waals surface area contributed by atoms with Crippen LogP contribution < -0.4 is 41.5 Å². The number of rotatable bonds is 9. The summed E-state index contributed by atoms with van der Waals surface area (Å²) in [5.41, 5.74) is 2.86. The first-order chi connectivity index (χ1) is 28.9. The van der Waals surface area contributed by atoms with Crippen molar-refractivity contribution in [1.82, 2.24) is 0 Å². The van der Waals surface area contributed by atoms with E-state index >= 15 is 0 Å². The van der Waals surface area contributed by atoms with E-state index in [2.05, 4.69) is 248 Å². The minimum atomic E-state index is -3.22. The van der Waals surface area contributed by atoms with Crippen molar-refractivity contribution in [3.63, 3.8) is 0 Å². The Labute approximate surface area is 358 Å². The van der Waals surface area contributed by atoms with Gasteiger partial charge in [-0.2, -0.15) is 0 Å². The fourth-order valence-electron chi connectivity index (χ4n) is 9.18. The first-order valence-corrected chi connectivity index (χ1v) is 25.0. The predicted molar refractivity (Wildman–Crippen MR) is 260 cm³/mol. The van der Waals surface area contributed by atoms with Gasteiger partial charge in [0.1, 0.15) is 11.5 Å². The van der Waals surface area contributed by atoms with E-state index in [1.807, 2.05) is 0 Å². The van der Waals surface area contributed by atoms with Gasteiger partial charge in [0, 0.05) is 11.1 Å². The molecule has 0 aliphatic heterocycles. The second-order valence-electron chi connectivity index (χ2n) is 18.0. The van der Waals surface area contributed by atoms with Crippen molar-refractivity contribution in [2.45, 2.75) is 52.4 Å². The molecule has 0 saturated carbocycles. The summed E-state index contributed by atoms with van der Waals surface area (Å²) in [5.74, 6) is 0.398. The van der Waals surface area contributed by atoms with E-state index in [0.717, 1.165) is 21.5 Å². The van der Waals surface area contributed by atoms with Crippen LogP contribution in [0, 0.1) is 0 Å². The zero-order valence-electron chi connectivity index (χ0n) is 35.5. The van der Waals surface area contributed by atoms with Gasteiger partial charge in [-0.1, -0.05) is 236 Å². The van der Waals surface area contributed by atoms with E-state index in [0.29, 0.717) is 11.1 Å². The average molecular weight is 815 g/mol. The SMILES string of the molecule is CC(C)(C)c1cc(-c2cc(C(C)(C)C)cc([Si](c3ccccc3)(c3ccccc3)c3ccccc3)c2O)c(O)c([Si](c2ccccc2)(c2ccccc2)c2ccccc2)c1. The molecule has 0 fully saturated rings. The predicted octanol–water partition coefficient (Wildman–Crippen LogP) is 8.11. The third kappa shape index (κ3) is 7.04. The Morgan fingerprint density at radius 2 is 0.500 bits per heavy atom. The smallest absolute Gasteiger partial charge is 0.183 e. The molecule has 0 spiro atoms. The van der Waals surface area contributed by atoms with Crippen molar-refractivity contribution in [3.05, 3.63) is 217 Å². The molecule has 8 aromatic rings. The monoisotopic (exact) mass is 814 g/mol. The summed E-state index contributed by atoms with van der Waals surface area (Å²) in [5, 5.41) is 35.7. The highest BCUT2D eigenvalue weighted by Gasteiger charge is 2.47. The standard InChI is InChI=1S/C56H54O2Si2/c1-55(2,3)41-37-49(53(57)51(39-41)59(43-25-13-7-14-26-43,44-27-15-8-16-28-44)45-29-17-9-18-30-45)50-38-42(56(4,5)6)40-52(54(50)58)60(46-31-19-10-20-32-46,47-33-21-11-22-34-47)48-35-23-12-24-36-48/h7-40,57-58H,1-6H3. The number of phenolic OH excluding ortho intramolecular Hbond substituents is 2. The highest BCUT2D eigenvalue weighted by Crippen LogP contribution is 2.41. The summed E-state index contributed by atoms with van der Waals surface area (Å²) in [6.07, 6.45) is 0. The lowest BCUT2D eigenvalue weighted by molar-refractivity contribution is 0.472. The average Bonchev–Trinajstić information content (AvgIpc) is 3.27. The molecular formula is C56H54O2Si2. The first kappa shape index (κ1) is 40.6. The van der Waals surface area contributed by atoms with Gasteiger partial charge in [-0.3, -0.25) is 0 Å². The molecule has 0 amide bonds. The van der Waals surface area contributed by atoms with Crippen LogP contribution in [0.4, 0.5) is 0 Å². The topological polar surface area (TPSA) is 40.5 Å². The summed E-state index contributed by atoms with van der Waals surface area (Å²) in [6.45, 7) is 13.4. The number of aromatic hydroxyl groups is 2. The van der Waals surface area contributed by atoms with Crippen LogP contribution in [0.2, 0.25) is 0 Å². The zero-order valence-corrected chi connectivity index (χ0v) is 37.5. The largest absolute Gasteiger partial charge is 0.507 e. The molecule has 2 N–H and O–H groups in total. The molecule has 8 aromatic carbocycles. The quantitative estimate of drug-likeness (QED) is 0.114. The van der Waals surface area contributed by atoms with Crippen molar-refractivity contribution in [1.29, 1.82) is 0 Å². The van der Waals surface area contributed by atoms with Gasteiger partial charge in [-0.15, -0.1) is 0 Å². The number of hydrogen-bond donors (Lipinski definition) is 2. The molecule has 0 aliphatic carbocycles. The van der Waals surface area contributed by atoms with Gasteiger partial charge in [0.2, 0.25) is 0 Å². The first-order valence-electron chi connectivity index (χ1n) is 21.0. The van der Waals surface area contributed by atoms with Crippen LogP contribution in [-0.4, -0.2) is 26.4 Å². The second-order valence-corrected chi connectivity index (χ2v) is 25.6. The Morgan fingerprint density at radius 1 is 0.300 bits per heavy atom. The lowest BCUT2D eigenvalue weighted by Crippen LogP contribution is -2.75. The van der Waals surface area contributed by atoms with Crippen molar-refractivity contribution in [2.24, 2.45) is 0 Å². The summed E-state index contributed by atoms with van der Waals surface area (Å²) in [7, 11) is -6.44. The molecule has 2 nitrogen and oxygen atoms in total. The Morgan fingerprint density at radius 3 is 0.683 bits per heavy atom. The van der Waals surface area contributed by atoms with E-state index in [4.69, 9.17) is 0 Å². The van der Waals surface area contributed by atoms with Gasteiger partial charge < -0.3 is 10.2 Å². The highest BCUT2D eigenvalue weighted by molar-refractivity contribution is 7.21. The Balaban J connectivity index is 1.56. The number of benzene rings is 8. The fourth-order valence-corrected chi connectivity index (χ4v) is 18.9. The summed E-state index contributed by atoms with van der Waals surface area (Å²) in [4.78, 5) is 0. The van der Waals surface area contributed by atoms with E-state index in [-0.39, 0.29) is 22.3 Å². The molecule has 60 heavy (non-hydrogen) atoms. The maximum Gasteiger partial charge on any atom is 0.183 e. The van der Waals surface area contributed by atoms with E-state index in [1.165, 1.54) is 31.1 Å². The van der Waals surface area contributed by atoms with E-state index in [9.17, 15) is 10.2 Å². The zero-order chi connectivity index (χ0) is 42.1. The molecule has 0 atom stereocenters. The Bertz CT molecular complexity index is 2320. The molecule has 0 bridgehead atoms. The number of hydrogen-bond acceptors (Lipinski definition) is 2. The molecular weight excluding hydrogens is 761 g/mol. The maximum absolute atomic E-state index is 13.4. The van der Waals surface area contributed by atoms with Gasteiger partial charge in [0.15, 0.2) is 16.1 Å². The van der Waals surface area contributed by atoms with Crippen molar-refractivity contribution in [2.75, 3.05) is 0 Å². The number of phenols is 2. The van der Waals surface area contributed by atoms with Crippen molar-refractivity contribution in [3.8, 4) is 22.6 Å². The summed E-state index contributed by atoms with van der Waals surface area (Å²) in [6, 6.07) is 73.3.